The lowest BCUT2D eigenvalue weighted by Gasteiger charge is -2.41. The third-order valence-corrected chi connectivity index (χ3v) is 18.3. The highest BCUT2D eigenvalue weighted by Crippen LogP contribution is 2.26. The number of morpholine rings is 1. The molecule has 2 heterocycles. The molecule has 0 radical (unpaired) electrons. The quantitative estimate of drug-likeness (QED) is 0.0754. The second-order valence-corrected chi connectivity index (χ2v) is 28.5. The molecule has 2 rings (SSSR count). The number of carbonyl (C=O) groups excluding carboxylic acids is 12. The summed E-state index contributed by atoms with van der Waals surface area (Å²) >= 11 is 0. The highest BCUT2D eigenvalue weighted by Gasteiger charge is 2.46. The number of nitrogens with one attached hydrogen (secondary N) is 5. The fourth-order valence-electron chi connectivity index (χ4n) is 12.1. The summed E-state index contributed by atoms with van der Waals surface area (Å²) in [5.74, 6) is -10.4. The van der Waals surface area contributed by atoms with E-state index < -0.39 is 162 Å². The Hall–Kier alpha value is -6.94. The van der Waals surface area contributed by atoms with Crippen molar-refractivity contribution in [2.45, 2.75) is 228 Å². The number of unbranched alkanes of at least 4 members (excludes halogenated alkanes) is 1. The first-order chi connectivity index (χ1) is 45.2. The molecule has 0 aromatic rings. The fourth-order valence-corrected chi connectivity index (χ4v) is 12.1. The Kier molecular flexibility index (Phi) is 36.3. The molecule has 2 aliphatic rings. The molecule has 13 atom stereocenters. The molecule has 0 saturated carbocycles. The molecule has 2 fully saturated rings. The van der Waals surface area contributed by atoms with Crippen LogP contribution in [0.1, 0.15) is 156 Å². The van der Waals surface area contributed by atoms with Crippen LogP contribution in [0, 0.1) is 35.5 Å². The molecule has 13 amide bonds. The second-order valence-electron chi connectivity index (χ2n) is 28.5. The number of carbonyl (C=O) groups is 12. The van der Waals surface area contributed by atoms with E-state index in [2.05, 4.69) is 26.6 Å². The Labute approximate surface area is 578 Å². The number of urea groups is 1. The first-order valence-corrected chi connectivity index (χ1v) is 34.8. The predicted molar refractivity (Wildman–Crippen MR) is 369 cm³/mol. The molecule has 28 heteroatoms. The number of nitrogens with zero attached hydrogens (tertiary/aromatic N) is 8. The normalized spacial score (nSPS) is 26.2. The molecule has 6 N–H and O–H groups in total. The molecule has 0 unspecified atom stereocenters. The molecule has 2 saturated heterocycles. The number of aliphatic hydroxyl groups excluding tert-OH is 1. The molecule has 0 aliphatic carbocycles. The Morgan fingerprint density at radius 3 is 1.58 bits per heavy atom. The average Bonchev–Trinajstić information content (AvgIpc) is 0.816. The van der Waals surface area contributed by atoms with Gasteiger partial charge in [-0.3, -0.25) is 52.7 Å². The van der Waals surface area contributed by atoms with Gasteiger partial charge in [0.1, 0.15) is 60.4 Å². The maximum absolute atomic E-state index is 15.3. The third-order valence-electron chi connectivity index (χ3n) is 18.3. The topological polar surface area (TPSA) is 330 Å². The van der Waals surface area contributed by atoms with Crippen LogP contribution in [-0.2, 0) is 62.2 Å². The van der Waals surface area contributed by atoms with Gasteiger partial charge in [-0.25, -0.2) is 4.79 Å². The van der Waals surface area contributed by atoms with Gasteiger partial charge in [0.2, 0.25) is 65.0 Å². The summed E-state index contributed by atoms with van der Waals surface area (Å²) in [6.07, 6.45) is 2.54. The lowest BCUT2D eigenvalue weighted by Crippen LogP contribution is -2.63. The molecule has 0 spiro atoms. The SMILES string of the molecule is CC=CC[C@@H](C)[C@@H](O)[C@H]1C(=O)N[C@@H](CC)C(=O)N(C)CC(=O)N(C)[C@@H]([C@@H](C)OCCCCNC(=O)N2CCOCC2)C(=O)N[C@@H](C(C)C)C(=O)N(C)[C@@H](CC(C)C)C(=O)N[C@@H](C)C(=O)N[C@H](C)C(=O)N(C)[C@@H](CC(C)C)C(=O)N(C)[C@H](CC(C)C)C(=O)N(C)[C@@H](C(C)C)C(=O)N1C. The van der Waals surface area contributed by atoms with E-state index in [1.165, 1.54) is 82.8 Å². The molecular weight excluding hydrogens is 1250 g/mol. The zero-order valence-electron chi connectivity index (χ0n) is 62.7. The summed E-state index contributed by atoms with van der Waals surface area (Å²) in [5.41, 5.74) is 0. The number of rotatable bonds is 20. The predicted octanol–water partition coefficient (Wildman–Crippen LogP) is 2.45. The molecule has 0 aromatic heterocycles. The second kappa shape index (κ2) is 40.8. The van der Waals surface area contributed by atoms with Gasteiger partial charge in [-0.1, -0.05) is 95.2 Å². The lowest BCUT2D eigenvalue weighted by molar-refractivity contribution is -0.157. The van der Waals surface area contributed by atoms with Crippen molar-refractivity contribution >= 4 is 71.0 Å². The number of likely N-dealkylation sites (N-methyl/N-ethyl adjacent to an activating group) is 7. The molecule has 28 nitrogen and oxygen atoms in total. The van der Waals surface area contributed by atoms with Crippen molar-refractivity contribution in [3.63, 3.8) is 0 Å². The van der Waals surface area contributed by atoms with Crippen LogP contribution < -0.4 is 26.6 Å². The standard InChI is InChI=1S/C69H123N13O15/c1-24-26-29-45(13)58(84)57-62(88)73-49(25-2)64(90)75(17)39-53(83)79(21)56(48(16)97-33-28-27-30-70-69(95)82-31-34-96-35-32-82)61(87)74-54(43(9)10)67(93)76(18)50(36-40(3)4)60(86)71-46(14)59(85)72-47(15)63(89)77(19)51(37-41(5)6)65(91)78(20)52(38-42(7)8)66(92)80(22)55(44(11)12)68(94)81(57)23/h24,26,40-52,54-58,84H,25,27-39H2,1-23H3,(H,70,95)(H,71,86)(H,72,85)(H,73,88)(H,74,87)/t45-,46+,47-,48-,49+,50+,51+,52-,54+,55+,56+,57+,58-/m1/s1. The molecule has 0 aromatic carbocycles. The van der Waals surface area contributed by atoms with E-state index in [0.717, 1.165) is 14.7 Å². The molecule has 0 bridgehead atoms. The molecule has 97 heavy (non-hydrogen) atoms. The lowest BCUT2D eigenvalue weighted by atomic mass is 9.91. The van der Waals surface area contributed by atoms with Crippen molar-refractivity contribution in [1.29, 1.82) is 0 Å². The van der Waals surface area contributed by atoms with Crippen molar-refractivity contribution in [2.75, 3.05) is 95.3 Å². The first kappa shape index (κ1) is 86.1. The van der Waals surface area contributed by atoms with Crippen LogP contribution in [-0.4, -0.2) is 283 Å². The van der Waals surface area contributed by atoms with Gasteiger partial charge < -0.3 is 80.4 Å². The summed E-state index contributed by atoms with van der Waals surface area (Å²) in [6, 6.07) is -13.3. The maximum Gasteiger partial charge on any atom is 0.317 e. The number of hydrogen-bond donors (Lipinski definition) is 6. The summed E-state index contributed by atoms with van der Waals surface area (Å²) in [5, 5.41) is 26.1. The van der Waals surface area contributed by atoms with Crippen molar-refractivity contribution in [3.05, 3.63) is 12.2 Å². The number of amides is 13. The molecule has 554 valence electrons. The van der Waals surface area contributed by atoms with Crippen LogP contribution in [0.25, 0.3) is 0 Å². The Balaban J connectivity index is 2.95. The van der Waals surface area contributed by atoms with Crippen molar-refractivity contribution < 1.29 is 72.1 Å². The van der Waals surface area contributed by atoms with Gasteiger partial charge >= 0.3 is 6.03 Å². The average molecular weight is 1370 g/mol. The summed E-state index contributed by atoms with van der Waals surface area (Å²) in [6.45, 7) is 29.1. The van der Waals surface area contributed by atoms with E-state index in [4.69, 9.17) is 9.47 Å². The van der Waals surface area contributed by atoms with Gasteiger partial charge in [0, 0.05) is 75.6 Å². The van der Waals surface area contributed by atoms with Crippen LogP contribution in [0.15, 0.2) is 12.2 Å². The Bertz CT molecular complexity index is 2670. The van der Waals surface area contributed by atoms with E-state index in [0.29, 0.717) is 45.7 Å². The van der Waals surface area contributed by atoms with Crippen LogP contribution in [0.3, 0.4) is 0 Å². The minimum atomic E-state index is -1.65. The Morgan fingerprint density at radius 1 is 0.567 bits per heavy atom. The van der Waals surface area contributed by atoms with Gasteiger partial charge in [0.05, 0.1) is 32.0 Å². The smallest absolute Gasteiger partial charge is 0.317 e. The minimum Gasteiger partial charge on any atom is -0.390 e. The summed E-state index contributed by atoms with van der Waals surface area (Å²) < 4.78 is 11.6. The van der Waals surface area contributed by atoms with E-state index >= 15 is 14.4 Å². The van der Waals surface area contributed by atoms with Gasteiger partial charge in [0.25, 0.3) is 0 Å². The van der Waals surface area contributed by atoms with Gasteiger partial charge in [-0.15, -0.1) is 0 Å². The number of allylic oxidation sites excluding steroid dienone is 2. The number of hydrogen-bond acceptors (Lipinski definition) is 15. The van der Waals surface area contributed by atoms with E-state index in [1.807, 2.05) is 41.5 Å². The third kappa shape index (κ3) is 25.1. The van der Waals surface area contributed by atoms with Gasteiger partial charge in [-0.2, -0.15) is 0 Å². The van der Waals surface area contributed by atoms with Crippen molar-refractivity contribution in [2.24, 2.45) is 35.5 Å². The Morgan fingerprint density at radius 2 is 1.06 bits per heavy atom. The largest absolute Gasteiger partial charge is 0.390 e. The van der Waals surface area contributed by atoms with Gasteiger partial charge in [0.15, 0.2) is 0 Å². The van der Waals surface area contributed by atoms with Crippen LogP contribution >= 0.6 is 0 Å². The van der Waals surface area contributed by atoms with E-state index in [-0.39, 0.29) is 62.5 Å². The van der Waals surface area contributed by atoms with Crippen LogP contribution in [0.2, 0.25) is 0 Å². The van der Waals surface area contributed by atoms with Gasteiger partial charge in [-0.05, 0) is 108 Å². The number of ether oxygens (including phenoxy) is 2. The highest BCUT2D eigenvalue weighted by molar-refractivity contribution is 5.99. The van der Waals surface area contributed by atoms with Crippen molar-refractivity contribution in [3.8, 4) is 0 Å². The van der Waals surface area contributed by atoms with Crippen molar-refractivity contribution in [1.82, 2.24) is 65.8 Å². The highest BCUT2D eigenvalue weighted by atomic mass is 16.5. The first-order valence-electron chi connectivity index (χ1n) is 34.8. The summed E-state index contributed by atoms with van der Waals surface area (Å²) in [7, 11) is 9.75. The monoisotopic (exact) mass is 1370 g/mol. The molecule has 2 aliphatic heterocycles. The fraction of sp³-hybridized carbons (Fsp3) is 0.797. The maximum atomic E-state index is 15.3. The summed E-state index contributed by atoms with van der Waals surface area (Å²) in [4.78, 5) is 185. The van der Waals surface area contributed by atoms with Crippen LogP contribution in [0.5, 0.6) is 0 Å². The zero-order chi connectivity index (χ0) is 74.2. The van der Waals surface area contributed by atoms with E-state index in [1.54, 1.807) is 72.4 Å². The number of aliphatic hydroxyl groups is 1. The zero-order valence-corrected chi connectivity index (χ0v) is 62.7. The van der Waals surface area contributed by atoms with E-state index in [9.17, 15) is 48.3 Å². The van der Waals surface area contributed by atoms with Crippen LogP contribution in [0.4, 0.5) is 4.79 Å². The molecular formula is C69H123N13O15. The minimum absolute atomic E-state index is 0.0243.